The zero-order valence-electron chi connectivity index (χ0n) is 11.9. The minimum Gasteiger partial charge on any atom is -0.374 e. The molecule has 0 fully saturated rings. The highest BCUT2D eigenvalue weighted by molar-refractivity contribution is 5.78. The fourth-order valence-corrected chi connectivity index (χ4v) is 2.34. The van der Waals surface area contributed by atoms with Crippen molar-refractivity contribution in [2.75, 3.05) is 18.5 Å². The summed E-state index contributed by atoms with van der Waals surface area (Å²) < 4.78 is 0. The molecule has 0 spiro atoms. The first kappa shape index (κ1) is 14.1. The first-order valence-electron chi connectivity index (χ1n) is 7.05. The lowest BCUT2D eigenvalue weighted by molar-refractivity contribution is 0.734. The topological polar surface area (TPSA) is 27.0 Å². The second kappa shape index (κ2) is 7.35. The highest BCUT2D eigenvalue weighted by atomic mass is 15.1. The van der Waals surface area contributed by atoms with E-state index in [9.17, 15) is 0 Å². The maximum atomic E-state index is 8.58. The van der Waals surface area contributed by atoms with Crippen LogP contribution >= 0.6 is 0 Å². The van der Waals surface area contributed by atoms with E-state index in [-0.39, 0.29) is 0 Å². The minimum absolute atomic E-state index is 0.647. The Hall–Kier alpha value is -2.27. The molecule has 0 aliphatic carbocycles. The Labute approximate surface area is 121 Å². The number of benzene rings is 2. The average Bonchev–Trinajstić information content (AvgIpc) is 2.52. The summed E-state index contributed by atoms with van der Waals surface area (Å²) in [5.74, 6) is 0. The fraction of sp³-hybridized carbons (Fsp3) is 0.278. The van der Waals surface area contributed by atoms with Crippen molar-refractivity contribution in [1.82, 2.24) is 0 Å². The van der Waals surface area contributed by atoms with Gasteiger partial charge in [0.1, 0.15) is 0 Å². The number of anilines is 1. The first-order chi connectivity index (χ1) is 9.83. The molecule has 20 heavy (non-hydrogen) atoms. The van der Waals surface area contributed by atoms with Gasteiger partial charge in [-0.15, -0.1) is 0 Å². The highest BCUT2D eigenvalue weighted by Crippen LogP contribution is 2.29. The molecular formula is C18H20N2. The summed E-state index contributed by atoms with van der Waals surface area (Å²) in [6.45, 7) is 0.978. The van der Waals surface area contributed by atoms with Crippen molar-refractivity contribution in [3.05, 3.63) is 54.6 Å². The molecule has 0 aromatic heterocycles. The van der Waals surface area contributed by atoms with Gasteiger partial charge in [0.15, 0.2) is 0 Å². The van der Waals surface area contributed by atoms with Gasteiger partial charge >= 0.3 is 0 Å². The average molecular weight is 264 g/mol. The Kier molecular flexibility index (Phi) is 5.20. The van der Waals surface area contributed by atoms with Gasteiger partial charge in [-0.3, -0.25) is 0 Å². The number of unbranched alkanes of at least 4 members (excludes halogenated alkanes) is 2. The van der Waals surface area contributed by atoms with Crippen LogP contribution in [-0.2, 0) is 0 Å². The number of nitrogens with zero attached hydrogens (tertiary/aromatic N) is 2. The standard InChI is InChI=1S/C18H20N2/c1-20(15-9-3-8-14-19)18-13-7-6-12-17(18)16-10-4-2-5-11-16/h2,4-7,10-13H,3,8-9,15H2,1H3. The van der Waals surface area contributed by atoms with Gasteiger partial charge in [-0.2, -0.15) is 5.26 Å². The van der Waals surface area contributed by atoms with Gasteiger partial charge in [0.05, 0.1) is 6.07 Å². The molecule has 0 aliphatic rings. The van der Waals surface area contributed by atoms with Crippen LogP contribution in [0.2, 0.25) is 0 Å². The molecule has 2 aromatic rings. The van der Waals surface area contributed by atoms with E-state index in [1.165, 1.54) is 16.8 Å². The van der Waals surface area contributed by atoms with Crippen LogP contribution in [0.1, 0.15) is 19.3 Å². The molecule has 0 amide bonds. The maximum Gasteiger partial charge on any atom is 0.0621 e. The third-order valence-corrected chi connectivity index (χ3v) is 3.43. The highest BCUT2D eigenvalue weighted by Gasteiger charge is 2.08. The molecule has 0 radical (unpaired) electrons. The molecule has 0 saturated carbocycles. The van der Waals surface area contributed by atoms with Crippen molar-refractivity contribution in [3.8, 4) is 17.2 Å². The van der Waals surface area contributed by atoms with E-state index in [2.05, 4.69) is 66.5 Å². The zero-order valence-corrected chi connectivity index (χ0v) is 11.9. The first-order valence-corrected chi connectivity index (χ1v) is 7.05. The lowest BCUT2D eigenvalue weighted by Gasteiger charge is -2.22. The number of nitriles is 1. The van der Waals surface area contributed by atoms with Crippen LogP contribution < -0.4 is 4.90 Å². The van der Waals surface area contributed by atoms with Crippen LogP contribution in [0.25, 0.3) is 11.1 Å². The summed E-state index contributed by atoms with van der Waals surface area (Å²) in [6, 6.07) is 21.1. The number of hydrogen-bond acceptors (Lipinski definition) is 2. The van der Waals surface area contributed by atoms with Crippen molar-refractivity contribution in [2.45, 2.75) is 19.3 Å². The molecule has 0 atom stereocenters. The molecule has 2 aromatic carbocycles. The van der Waals surface area contributed by atoms with E-state index in [4.69, 9.17) is 5.26 Å². The normalized spacial score (nSPS) is 10.0. The quantitative estimate of drug-likeness (QED) is 0.719. The molecular weight excluding hydrogens is 244 g/mol. The lowest BCUT2D eigenvalue weighted by atomic mass is 10.0. The molecule has 0 saturated heterocycles. The van der Waals surface area contributed by atoms with E-state index in [1.54, 1.807) is 0 Å². The number of para-hydroxylation sites is 1. The molecule has 0 heterocycles. The van der Waals surface area contributed by atoms with Gasteiger partial charge in [-0.05, 0) is 24.5 Å². The second-order valence-corrected chi connectivity index (χ2v) is 4.92. The van der Waals surface area contributed by atoms with Gasteiger partial charge in [0, 0.05) is 31.3 Å². The molecule has 0 bridgehead atoms. The summed E-state index contributed by atoms with van der Waals surface area (Å²) >= 11 is 0. The summed E-state index contributed by atoms with van der Waals surface area (Å²) in [5.41, 5.74) is 3.75. The van der Waals surface area contributed by atoms with E-state index < -0.39 is 0 Å². The van der Waals surface area contributed by atoms with Crippen LogP contribution in [0.15, 0.2) is 54.6 Å². The summed E-state index contributed by atoms with van der Waals surface area (Å²) in [7, 11) is 2.12. The molecule has 2 rings (SSSR count). The second-order valence-electron chi connectivity index (χ2n) is 4.92. The van der Waals surface area contributed by atoms with Crippen molar-refractivity contribution in [2.24, 2.45) is 0 Å². The molecule has 0 N–H and O–H groups in total. The van der Waals surface area contributed by atoms with Gasteiger partial charge in [0.2, 0.25) is 0 Å². The summed E-state index contributed by atoms with van der Waals surface area (Å²) in [6.07, 6.45) is 2.66. The van der Waals surface area contributed by atoms with E-state index >= 15 is 0 Å². The van der Waals surface area contributed by atoms with Crippen LogP contribution in [0.3, 0.4) is 0 Å². The SMILES string of the molecule is CN(CCCCC#N)c1ccccc1-c1ccccc1. The van der Waals surface area contributed by atoms with E-state index in [0.717, 1.165) is 19.4 Å². The Bertz CT molecular complexity index is 569. The van der Waals surface area contributed by atoms with Gasteiger partial charge < -0.3 is 4.90 Å². The smallest absolute Gasteiger partial charge is 0.0621 e. The summed E-state index contributed by atoms with van der Waals surface area (Å²) in [4.78, 5) is 2.28. The third-order valence-electron chi connectivity index (χ3n) is 3.43. The van der Waals surface area contributed by atoms with Crippen molar-refractivity contribution < 1.29 is 0 Å². The molecule has 2 heteroatoms. The Balaban J connectivity index is 2.14. The van der Waals surface area contributed by atoms with Crippen LogP contribution in [-0.4, -0.2) is 13.6 Å². The molecule has 0 unspecified atom stereocenters. The van der Waals surface area contributed by atoms with Crippen LogP contribution in [0.4, 0.5) is 5.69 Å². The van der Waals surface area contributed by atoms with Gasteiger partial charge in [-0.1, -0.05) is 48.5 Å². The largest absolute Gasteiger partial charge is 0.374 e. The van der Waals surface area contributed by atoms with Gasteiger partial charge in [0.25, 0.3) is 0 Å². The molecule has 0 aliphatic heterocycles. The van der Waals surface area contributed by atoms with E-state index in [1.807, 2.05) is 6.07 Å². The third kappa shape index (κ3) is 3.61. The Morgan fingerprint density at radius 3 is 2.40 bits per heavy atom. The number of hydrogen-bond donors (Lipinski definition) is 0. The van der Waals surface area contributed by atoms with Gasteiger partial charge in [-0.25, -0.2) is 0 Å². The zero-order chi connectivity index (χ0) is 14.2. The minimum atomic E-state index is 0.647. The fourth-order valence-electron chi connectivity index (χ4n) is 2.34. The maximum absolute atomic E-state index is 8.58. The monoisotopic (exact) mass is 264 g/mol. The molecule has 102 valence electrons. The van der Waals surface area contributed by atoms with Crippen molar-refractivity contribution in [1.29, 1.82) is 5.26 Å². The summed E-state index contributed by atoms with van der Waals surface area (Å²) in [5, 5.41) is 8.58. The Morgan fingerprint density at radius 1 is 0.950 bits per heavy atom. The number of rotatable bonds is 6. The predicted octanol–water partition coefficient (Wildman–Crippen LogP) is 4.48. The Morgan fingerprint density at radius 2 is 1.65 bits per heavy atom. The van der Waals surface area contributed by atoms with Crippen LogP contribution in [0.5, 0.6) is 0 Å². The van der Waals surface area contributed by atoms with E-state index in [0.29, 0.717) is 6.42 Å². The molecule has 2 nitrogen and oxygen atoms in total. The van der Waals surface area contributed by atoms with Crippen LogP contribution in [0, 0.1) is 11.3 Å². The van der Waals surface area contributed by atoms with Crippen molar-refractivity contribution >= 4 is 5.69 Å². The predicted molar refractivity (Wildman–Crippen MR) is 84.6 cm³/mol. The van der Waals surface area contributed by atoms with Crippen molar-refractivity contribution in [3.63, 3.8) is 0 Å². The lowest BCUT2D eigenvalue weighted by Crippen LogP contribution is -2.19.